The van der Waals surface area contributed by atoms with Crippen molar-refractivity contribution in [1.82, 2.24) is 20.4 Å². The highest BCUT2D eigenvalue weighted by Crippen LogP contribution is 2.19. The molecular weight excluding hydrogens is 300 g/mol. The maximum atomic E-state index is 5.37. The van der Waals surface area contributed by atoms with Crippen molar-refractivity contribution in [2.24, 2.45) is 5.92 Å². The fourth-order valence-electron chi connectivity index (χ4n) is 2.97. The topological polar surface area (TPSA) is 54.2 Å². The first-order chi connectivity index (χ1) is 10.3. The van der Waals surface area contributed by atoms with Gasteiger partial charge in [0, 0.05) is 12.1 Å². The van der Waals surface area contributed by atoms with Crippen LogP contribution in [0.2, 0.25) is 0 Å². The summed E-state index contributed by atoms with van der Waals surface area (Å²) in [7, 11) is 2.02. The molecule has 1 aromatic heterocycles. The van der Waals surface area contributed by atoms with E-state index in [-0.39, 0.29) is 12.4 Å². The number of hydrogen-bond donors (Lipinski definition) is 1. The van der Waals surface area contributed by atoms with E-state index in [2.05, 4.69) is 20.4 Å². The summed E-state index contributed by atoms with van der Waals surface area (Å²) in [5.41, 5.74) is 0.975. The normalized spacial score (nSPS) is 18.9. The summed E-state index contributed by atoms with van der Waals surface area (Å²) in [5.74, 6) is 2.11. The first kappa shape index (κ1) is 16.9. The molecule has 0 amide bonds. The third-order valence-electron chi connectivity index (χ3n) is 3.95. The molecule has 120 valence electrons. The molecule has 0 radical (unpaired) electrons. The van der Waals surface area contributed by atoms with E-state index >= 15 is 0 Å². The van der Waals surface area contributed by atoms with Gasteiger partial charge in [-0.1, -0.05) is 23.4 Å². The van der Waals surface area contributed by atoms with Gasteiger partial charge < -0.3 is 9.84 Å². The van der Waals surface area contributed by atoms with E-state index in [1.54, 1.807) is 0 Å². The van der Waals surface area contributed by atoms with Crippen LogP contribution < -0.4 is 5.32 Å². The van der Waals surface area contributed by atoms with Crippen LogP contribution in [0.15, 0.2) is 34.9 Å². The highest BCUT2D eigenvalue weighted by Gasteiger charge is 2.21. The van der Waals surface area contributed by atoms with Gasteiger partial charge in [-0.15, -0.1) is 12.4 Å². The molecule has 5 nitrogen and oxygen atoms in total. The van der Waals surface area contributed by atoms with E-state index in [9.17, 15) is 0 Å². The molecule has 2 aromatic rings. The molecular formula is C16H23ClN4O. The van der Waals surface area contributed by atoms with Gasteiger partial charge in [0.1, 0.15) is 0 Å². The number of likely N-dealkylation sites (tertiary alicyclic amines) is 1. The van der Waals surface area contributed by atoms with Crippen molar-refractivity contribution in [2.45, 2.75) is 19.4 Å². The van der Waals surface area contributed by atoms with E-state index in [1.807, 2.05) is 37.4 Å². The van der Waals surface area contributed by atoms with Crippen LogP contribution in [0, 0.1) is 5.92 Å². The Hall–Kier alpha value is -1.43. The highest BCUT2D eigenvalue weighted by atomic mass is 35.5. The minimum absolute atomic E-state index is 0. The second-order valence-electron chi connectivity index (χ2n) is 5.68. The fraction of sp³-hybridized carbons (Fsp3) is 0.500. The number of nitrogens with zero attached hydrogens (tertiary/aromatic N) is 3. The highest BCUT2D eigenvalue weighted by molar-refractivity contribution is 5.85. The zero-order chi connectivity index (χ0) is 14.5. The molecule has 1 unspecified atom stereocenters. The van der Waals surface area contributed by atoms with Crippen molar-refractivity contribution in [3.8, 4) is 11.5 Å². The number of benzene rings is 1. The molecule has 0 bridgehead atoms. The first-order valence-corrected chi connectivity index (χ1v) is 7.60. The third kappa shape index (κ3) is 4.29. The SMILES string of the molecule is CNCC1CCCN(Cc2noc(-c3ccccc3)n2)C1.Cl. The van der Waals surface area contributed by atoms with E-state index in [0.717, 1.165) is 43.5 Å². The number of aromatic nitrogens is 2. The molecule has 0 saturated carbocycles. The van der Waals surface area contributed by atoms with Crippen LogP contribution in [0.5, 0.6) is 0 Å². The van der Waals surface area contributed by atoms with Gasteiger partial charge in [0.05, 0.1) is 6.54 Å². The predicted molar refractivity (Wildman–Crippen MR) is 88.9 cm³/mol. The molecule has 1 aliphatic heterocycles. The van der Waals surface area contributed by atoms with Gasteiger partial charge in [-0.2, -0.15) is 4.98 Å². The molecule has 0 aliphatic carbocycles. The molecule has 1 saturated heterocycles. The van der Waals surface area contributed by atoms with Gasteiger partial charge in [-0.25, -0.2) is 0 Å². The summed E-state index contributed by atoms with van der Waals surface area (Å²) in [6.07, 6.45) is 2.55. The second kappa shape index (κ2) is 8.27. The van der Waals surface area contributed by atoms with Gasteiger partial charge in [-0.05, 0) is 51.0 Å². The number of hydrogen-bond acceptors (Lipinski definition) is 5. The Balaban J connectivity index is 0.00000176. The van der Waals surface area contributed by atoms with Crippen LogP contribution >= 0.6 is 12.4 Å². The van der Waals surface area contributed by atoms with Gasteiger partial charge in [0.25, 0.3) is 5.89 Å². The molecule has 2 heterocycles. The van der Waals surface area contributed by atoms with Crippen molar-refractivity contribution in [3.63, 3.8) is 0 Å². The van der Waals surface area contributed by atoms with Gasteiger partial charge >= 0.3 is 0 Å². The molecule has 0 spiro atoms. The number of rotatable bonds is 5. The van der Waals surface area contributed by atoms with Crippen LogP contribution in [0.1, 0.15) is 18.7 Å². The third-order valence-corrected chi connectivity index (χ3v) is 3.95. The lowest BCUT2D eigenvalue weighted by atomic mass is 9.98. The van der Waals surface area contributed by atoms with Gasteiger partial charge in [0.15, 0.2) is 5.82 Å². The Bertz CT molecular complexity index is 558. The minimum Gasteiger partial charge on any atom is -0.334 e. The standard InChI is InChI=1S/C16H22N4O.ClH/c1-17-10-13-6-5-9-20(11-13)12-15-18-16(21-19-15)14-7-3-2-4-8-14;/h2-4,7-8,13,17H,5-6,9-12H2,1H3;1H. The lowest BCUT2D eigenvalue weighted by Crippen LogP contribution is -2.38. The van der Waals surface area contributed by atoms with E-state index in [1.165, 1.54) is 12.8 Å². The molecule has 22 heavy (non-hydrogen) atoms. The molecule has 1 N–H and O–H groups in total. The predicted octanol–water partition coefficient (Wildman–Crippen LogP) is 2.59. The van der Waals surface area contributed by atoms with Crippen LogP contribution in [-0.4, -0.2) is 41.7 Å². The maximum Gasteiger partial charge on any atom is 0.257 e. The summed E-state index contributed by atoms with van der Waals surface area (Å²) in [4.78, 5) is 6.93. The second-order valence-corrected chi connectivity index (χ2v) is 5.68. The van der Waals surface area contributed by atoms with Gasteiger partial charge in [-0.3, -0.25) is 4.90 Å². The van der Waals surface area contributed by atoms with Crippen LogP contribution in [0.25, 0.3) is 11.5 Å². The van der Waals surface area contributed by atoms with E-state index in [4.69, 9.17) is 4.52 Å². The van der Waals surface area contributed by atoms with Crippen molar-refractivity contribution in [3.05, 3.63) is 36.2 Å². The Morgan fingerprint density at radius 2 is 2.14 bits per heavy atom. The first-order valence-electron chi connectivity index (χ1n) is 7.60. The Kier molecular flexibility index (Phi) is 6.36. The lowest BCUT2D eigenvalue weighted by molar-refractivity contribution is 0.162. The average Bonchev–Trinajstić information content (AvgIpc) is 2.97. The molecule has 1 fully saturated rings. The summed E-state index contributed by atoms with van der Waals surface area (Å²) in [5, 5.41) is 7.39. The van der Waals surface area contributed by atoms with E-state index < -0.39 is 0 Å². The van der Waals surface area contributed by atoms with Crippen molar-refractivity contribution in [1.29, 1.82) is 0 Å². The molecule has 6 heteroatoms. The summed E-state index contributed by atoms with van der Waals surface area (Å²) >= 11 is 0. The van der Waals surface area contributed by atoms with Gasteiger partial charge in [0.2, 0.25) is 0 Å². The van der Waals surface area contributed by atoms with E-state index in [0.29, 0.717) is 5.89 Å². The Morgan fingerprint density at radius 3 is 2.91 bits per heavy atom. The largest absolute Gasteiger partial charge is 0.334 e. The number of nitrogens with one attached hydrogen (secondary N) is 1. The van der Waals surface area contributed by atoms with Crippen molar-refractivity contribution >= 4 is 12.4 Å². The van der Waals surface area contributed by atoms with Crippen LogP contribution in [0.4, 0.5) is 0 Å². The molecule has 1 aliphatic rings. The zero-order valence-electron chi connectivity index (χ0n) is 12.9. The van der Waals surface area contributed by atoms with Crippen molar-refractivity contribution < 1.29 is 4.52 Å². The van der Waals surface area contributed by atoms with Crippen LogP contribution in [0.3, 0.4) is 0 Å². The smallest absolute Gasteiger partial charge is 0.257 e. The van der Waals surface area contributed by atoms with Crippen molar-refractivity contribution in [2.75, 3.05) is 26.7 Å². The summed E-state index contributed by atoms with van der Waals surface area (Å²) < 4.78 is 5.37. The number of piperidine rings is 1. The lowest BCUT2D eigenvalue weighted by Gasteiger charge is -2.31. The molecule has 1 atom stereocenters. The Labute approximate surface area is 137 Å². The summed E-state index contributed by atoms with van der Waals surface area (Å²) in [6.45, 7) is 4.08. The fourth-order valence-corrected chi connectivity index (χ4v) is 2.97. The maximum absolute atomic E-state index is 5.37. The molecule has 3 rings (SSSR count). The zero-order valence-corrected chi connectivity index (χ0v) is 13.7. The minimum atomic E-state index is 0. The number of halogens is 1. The quantitative estimate of drug-likeness (QED) is 0.917. The average molecular weight is 323 g/mol. The van der Waals surface area contributed by atoms with Crippen LogP contribution in [-0.2, 0) is 6.54 Å². The Morgan fingerprint density at radius 1 is 1.32 bits per heavy atom. The summed E-state index contributed by atoms with van der Waals surface area (Å²) in [6, 6.07) is 9.91. The monoisotopic (exact) mass is 322 g/mol. The molecule has 1 aromatic carbocycles.